The van der Waals surface area contributed by atoms with Gasteiger partial charge in [-0.25, -0.2) is 9.38 Å². The van der Waals surface area contributed by atoms with Crippen molar-refractivity contribution in [2.75, 3.05) is 19.0 Å². The van der Waals surface area contributed by atoms with Crippen molar-refractivity contribution in [3.63, 3.8) is 0 Å². The molecule has 0 unspecified atom stereocenters. The lowest BCUT2D eigenvalue weighted by Gasteiger charge is -2.14. The molecule has 2 aromatic carbocycles. The summed E-state index contributed by atoms with van der Waals surface area (Å²) in [5.41, 5.74) is -1.43. The van der Waals surface area contributed by atoms with Crippen molar-refractivity contribution in [2.24, 2.45) is 4.99 Å². The predicted octanol–water partition coefficient (Wildman–Crippen LogP) is 4.60. The zero-order valence-electron chi connectivity index (χ0n) is 15.8. The molecule has 0 atom stereocenters. The second-order valence-electron chi connectivity index (χ2n) is 6.97. The third-order valence-electron chi connectivity index (χ3n) is 4.87. The van der Waals surface area contributed by atoms with Crippen LogP contribution in [0.4, 0.5) is 23.2 Å². The molecule has 30 heavy (non-hydrogen) atoms. The van der Waals surface area contributed by atoms with Gasteiger partial charge in [0.2, 0.25) is 0 Å². The highest BCUT2D eigenvalue weighted by Gasteiger charge is 2.39. The summed E-state index contributed by atoms with van der Waals surface area (Å²) < 4.78 is 54.9. The highest BCUT2D eigenvalue weighted by atomic mass is 19.4. The maximum absolute atomic E-state index is 14.5. The standard InChI is InChI=1S/C21H15F4N3O2/c1-28(2)10-7-8-14(22)12(9-10)18-16-15(19(29)27-18)17(26-20(16)30)11-5-3-4-6-13(11)21(23,24)25/h3-9,27,29H,1-2H3. The number of carbonyl (C=O) groups excluding carboxylic acids is 1. The average molecular weight is 417 g/mol. The van der Waals surface area contributed by atoms with Gasteiger partial charge in [-0.15, -0.1) is 0 Å². The minimum atomic E-state index is -4.69. The van der Waals surface area contributed by atoms with Crippen LogP contribution in [0.3, 0.4) is 0 Å². The molecular formula is C21H15F4N3O2. The van der Waals surface area contributed by atoms with E-state index < -0.39 is 29.3 Å². The van der Waals surface area contributed by atoms with Gasteiger partial charge in [0, 0.05) is 30.9 Å². The van der Waals surface area contributed by atoms with Gasteiger partial charge >= 0.3 is 6.18 Å². The summed E-state index contributed by atoms with van der Waals surface area (Å²) in [6.45, 7) is 0. The Morgan fingerprint density at radius 2 is 1.73 bits per heavy atom. The Balaban J connectivity index is 1.93. The molecule has 1 aliphatic heterocycles. The van der Waals surface area contributed by atoms with Crippen molar-refractivity contribution in [3.8, 4) is 17.1 Å². The number of halogens is 4. The van der Waals surface area contributed by atoms with Crippen molar-refractivity contribution in [1.82, 2.24) is 4.98 Å². The molecule has 0 aliphatic carbocycles. The SMILES string of the molecule is CN(C)c1ccc(F)c(-c2[nH]c(O)c3c2C(=O)N=C3c2ccccc2C(F)(F)F)c1. The molecule has 4 rings (SSSR count). The number of nitrogens with one attached hydrogen (secondary N) is 1. The number of aromatic nitrogens is 1. The fourth-order valence-corrected chi connectivity index (χ4v) is 3.46. The van der Waals surface area contributed by atoms with Crippen LogP contribution in [0.25, 0.3) is 11.3 Å². The Bertz CT molecular complexity index is 1210. The number of aromatic amines is 1. The van der Waals surface area contributed by atoms with Crippen LogP contribution in [0.15, 0.2) is 47.5 Å². The lowest BCUT2D eigenvalue weighted by atomic mass is 9.96. The summed E-state index contributed by atoms with van der Waals surface area (Å²) in [6.07, 6.45) is -4.69. The van der Waals surface area contributed by atoms with Crippen molar-refractivity contribution in [1.29, 1.82) is 0 Å². The molecular weight excluding hydrogens is 402 g/mol. The minimum Gasteiger partial charge on any atom is -0.494 e. The lowest BCUT2D eigenvalue weighted by Crippen LogP contribution is -2.13. The van der Waals surface area contributed by atoms with Crippen LogP contribution in [-0.4, -0.2) is 35.8 Å². The minimum absolute atomic E-state index is 0.00773. The summed E-state index contributed by atoms with van der Waals surface area (Å²) in [5.74, 6) is -2.09. The molecule has 2 N–H and O–H groups in total. The third-order valence-corrected chi connectivity index (χ3v) is 4.87. The number of anilines is 1. The molecule has 1 aliphatic rings. The molecule has 0 fully saturated rings. The van der Waals surface area contributed by atoms with Crippen molar-refractivity contribution in [3.05, 3.63) is 70.5 Å². The number of fused-ring (bicyclic) bond motifs is 1. The second-order valence-corrected chi connectivity index (χ2v) is 6.97. The molecule has 154 valence electrons. The van der Waals surface area contributed by atoms with Gasteiger partial charge in [0.15, 0.2) is 5.88 Å². The van der Waals surface area contributed by atoms with Crippen molar-refractivity contribution < 1.29 is 27.5 Å². The van der Waals surface area contributed by atoms with E-state index in [0.29, 0.717) is 5.69 Å². The number of aromatic hydroxyl groups is 1. The van der Waals surface area contributed by atoms with E-state index in [-0.39, 0.29) is 33.7 Å². The van der Waals surface area contributed by atoms with Gasteiger partial charge < -0.3 is 15.0 Å². The van der Waals surface area contributed by atoms with Gasteiger partial charge in [0.25, 0.3) is 5.91 Å². The number of hydrogen-bond donors (Lipinski definition) is 2. The van der Waals surface area contributed by atoms with E-state index in [1.165, 1.54) is 36.4 Å². The molecule has 0 bridgehead atoms. The lowest BCUT2D eigenvalue weighted by molar-refractivity contribution is -0.137. The molecule has 0 radical (unpaired) electrons. The van der Waals surface area contributed by atoms with E-state index in [1.807, 2.05) is 0 Å². The number of alkyl halides is 3. The van der Waals surface area contributed by atoms with Crippen LogP contribution < -0.4 is 4.90 Å². The van der Waals surface area contributed by atoms with E-state index in [0.717, 1.165) is 6.07 Å². The topological polar surface area (TPSA) is 68.7 Å². The molecule has 5 nitrogen and oxygen atoms in total. The Morgan fingerprint density at radius 3 is 2.40 bits per heavy atom. The first-order valence-electron chi connectivity index (χ1n) is 8.81. The first-order valence-corrected chi connectivity index (χ1v) is 8.81. The van der Waals surface area contributed by atoms with Crippen molar-refractivity contribution >= 4 is 17.3 Å². The summed E-state index contributed by atoms with van der Waals surface area (Å²) in [7, 11) is 3.49. The van der Waals surface area contributed by atoms with Gasteiger partial charge in [-0.1, -0.05) is 18.2 Å². The fourth-order valence-electron chi connectivity index (χ4n) is 3.46. The average Bonchev–Trinajstić information content (AvgIpc) is 3.20. The Morgan fingerprint density at radius 1 is 1.03 bits per heavy atom. The number of amides is 1. The summed E-state index contributed by atoms with van der Waals surface area (Å²) >= 11 is 0. The summed E-state index contributed by atoms with van der Waals surface area (Å²) in [4.78, 5) is 20.6. The number of nitrogens with zero attached hydrogens (tertiary/aromatic N) is 2. The second kappa shape index (κ2) is 6.72. The first-order chi connectivity index (χ1) is 14.1. The first kappa shape index (κ1) is 19.7. The van der Waals surface area contributed by atoms with E-state index in [9.17, 15) is 27.5 Å². The molecule has 1 amide bonds. The van der Waals surface area contributed by atoms with Gasteiger partial charge in [0.05, 0.1) is 28.1 Å². The summed E-state index contributed by atoms with van der Waals surface area (Å²) in [5, 5.41) is 10.4. The van der Waals surface area contributed by atoms with Crippen LogP contribution in [0.2, 0.25) is 0 Å². The number of rotatable bonds is 3. The zero-order chi connectivity index (χ0) is 21.8. The molecule has 0 saturated carbocycles. The molecule has 2 heterocycles. The Labute approximate surface area is 168 Å². The molecule has 3 aromatic rings. The van der Waals surface area contributed by atoms with Crippen LogP contribution in [-0.2, 0) is 6.18 Å². The zero-order valence-corrected chi connectivity index (χ0v) is 15.8. The highest BCUT2D eigenvalue weighted by Crippen LogP contribution is 2.41. The maximum atomic E-state index is 14.5. The van der Waals surface area contributed by atoms with E-state index in [1.54, 1.807) is 19.0 Å². The number of benzene rings is 2. The van der Waals surface area contributed by atoms with Gasteiger partial charge in [-0.2, -0.15) is 13.2 Å². The van der Waals surface area contributed by atoms with E-state index in [4.69, 9.17) is 0 Å². The molecule has 1 aromatic heterocycles. The third kappa shape index (κ3) is 3.02. The number of aliphatic imine (C=N–C) groups is 1. The van der Waals surface area contributed by atoms with Gasteiger partial charge in [-0.3, -0.25) is 4.79 Å². The quantitative estimate of drug-likeness (QED) is 0.612. The monoisotopic (exact) mass is 417 g/mol. The van der Waals surface area contributed by atoms with Gasteiger partial charge in [-0.05, 0) is 24.3 Å². The van der Waals surface area contributed by atoms with Crippen LogP contribution in [0.5, 0.6) is 5.88 Å². The van der Waals surface area contributed by atoms with Gasteiger partial charge in [0.1, 0.15) is 5.82 Å². The van der Waals surface area contributed by atoms with E-state index >= 15 is 0 Å². The van der Waals surface area contributed by atoms with Crippen LogP contribution >= 0.6 is 0 Å². The smallest absolute Gasteiger partial charge is 0.417 e. The normalized spacial score (nSPS) is 13.4. The van der Waals surface area contributed by atoms with Crippen LogP contribution in [0, 0.1) is 5.82 Å². The number of H-pyrrole nitrogens is 1. The fraction of sp³-hybridized carbons (Fsp3) is 0.143. The highest BCUT2D eigenvalue weighted by molar-refractivity contribution is 6.30. The predicted molar refractivity (Wildman–Crippen MR) is 104 cm³/mol. The van der Waals surface area contributed by atoms with E-state index in [2.05, 4.69) is 9.98 Å². The number of hydrogen-bond acceptors (Lipinski definition) is 3. The molecule has 0 saturated heterocycles. The Kier molecular flexibility index (Phi) is 4.41. The largest absolute Gasteiger partial charge is 0.494 e. The summed E-state index contributed by atoms with van der Waals surface area (Å²) in [6, 6.07) is 8.83. The van der Waals surface area contributed by atoms with Crippen LogP contribution in [0.1, 0.15) is 27.0 Å². The van der Waals surface area contributed by atoms with Crippen molar-refractivity contribution in [2.45, 2.75) is 6.18 Å². The number of carbonyl (C=O) groups is 1. The maximum Gasteiger partial charge on any atom is 0.417 e. The molecule has 9 heteroatoms. The Hall–Kier alpha value is -3.62. The molecule has 0 spiro atoms.